The Morgan fingerprint density at radius 3 is 2.88 bits per heavy atom. The number of carbonyl (C=O) groups excluding carboxylic acids is 1. The van der Waals surface area contributed by atoms with Crippen molar-refractivity contribution < 1.29 is 24.1 Å². The molecule has 5 nitrogen and oxygen atoms in total. The summed E-state index contributed by atoms with van der Waals surface area (Å²) in [5.74, 6) is -1.40. The molecule has 0 aromatic carbocycles. The Morgan fingerprint density at radius 2 is 2.29 bits per heavy atom. The first kappa shape index (κ1) is 13.8. The quantitative estimate of drug-likeness (QED) is 0.621. The molecule has 0 aliphatic rings. The fourth-order valence-corrected chi connectivity index (χ4v) is 1.43. The molecule has 1 rings (SSSR count). The van der Waals surface area contributed by atoms with Gasteiger partial charge in [0.25, 0.3) is 0 Å². The molecule has 0 fully saturated rings. The maximum absolute atomic E-state index is 12.9. The Kier molecular flexibility index (Phi) is 4.80. The van der Waals surface area contributed by atoms with Crippen LogP contribution in [0.4, 0.5) is 4.39 Å². The molecule has 1 aromatic rings. The summed E-state index contributed by atoms with van der Waals surface area (Å²) in [6.45, 7) is 0. The third kappa shape index (κ3) is 3.62. The molecule has 1 aromatic heterocycles. The van der Waals surface area contributed by atoms with E-state index in [4.69, 9.17) is 11.6 Å². The van der Waals surface area contributed by atoms with Crippen molar-refractivity contribution >= 4 is 17.6 Å². The van der Waals surface area contributed by atoms with Crippen LogP contribution in [-0.4, -0.2) is 34.4 Å². The Bertz CT molecular complexity index is 415. The molecule has 2 unspecified atom stereocenters. The molecular weight excluding hydrogens is 253 g/mol. The zero-order valence-corrected chi connectivity index (χ0v) is 9.69. The van der Waals surface area contributed by atoms with Crippen molar-refractivity contribution in [2.45, 2.75) is 18.6 Å². The van der Waals surface area contributed by atoms with Crippen LogP contribution >= 0.6 is 11.6 Å². The number of aliphatic hydroxyl groups is 2. The van der Waals surface area contributed by atoms with E-state index in [2.05, 4.69) is 9.72 Å². The second kappa shape index (κ2) is 5.90. The van der Waals surface area contributed by atoms with Gasteiger partial charge in [-0.1, -0.05) is 11.6 Å². The van der Waals surface area contributed by atoms with Crippen molar-refractivity contribution in [1.82, 2.24) is 4.98 Å². The molecule has 0 saturated carbocycles. The highest BCUT2D eigenvalue weighted by Crippen LogP contribution is 2.25. The summed E-state index contributed by atoms with van der Waals surface area (Å²) in [6, 6.07) is 0.945. The lowest BCUT2D eigenvalue weighted by atomic mass is 10.0. The normalized spacial score (nSPS) is 14.2. The summed E-state index contributed by atoms with van der Waals surface area (Å²) in [7, 11) is 1.15. The van der Waals surface area contributed by atoms with Crippen molar-refractivity contribution in [2.24, 2.45) is 0 Å². The van der Waals surface area contributed by atoms with Gasteiger partial charge in [-0.05, 0) is 6.07 Å². The van der Waals surface area contributed by atoms with Gasteiger partial charge in [-0.25, -0.2) is 9.37 Å². The number of carbonyl (C=O) groups is 1. The molecule has 2 N–H and O–H groups in total. The zero-order chi connectivity index (χ0) is 13.0. The summed E-state index contributed by atoms with van der Waals surface area (Å²) >= 11 is 5.64. The van der Waals surface area contributed by atoms with Gasteiger partial charge >= 0.3 is 5.97 Å². The number of nitrogens with zero attached hydrogens (tertiary/aromatic N) is 1. The summed E-state index contributed by atoms with van der Waals surface area (Å²) in [5.41, 5.74) is -0.0805. The largest absolute Gasteiger partial charge is 0.469 e. The van der Waals surface area contributed by atoms with Crippen LogP contribution in [0.5, 0.6) is 0 Å². The Morgan fingerprint density at radius 1 is 1.65 bits per heavy atom. The van der Waals surface area contributed by atoms with Crippen LogP contribution in [0.15, 0.2) is 12.3 Å². The van der Waals surface area contributed by atoms with Gasteiger partial charge in [0.05, 0.1) is 25.8 Å². The van der Waals surface area contributed by atoms with Gasteiger partial charge in [0, 0.05) is 5.56 Å². The molecule has 7 heteroatoms. The molecule has 0 aliphatic heterocycles. The van der Waals surface area contributed by atoms with E-state index < -0.39 is 30.4 Å². The van der Waals surface area contributed by atoms with Crippen molar-refractivity contribution in [2.75, 3.05) is 7.11 Å². The molecule has 0 bridgehead atoms. The predicted octanol–water partition coefficient (Wildman–Crippen LogP) is 0.832. The average molecular weight is 264 g/mol. The van der Waals surface area contributed by atoms with Gasteiger partial charge in [-0.2, -0.15) is 0 Å². The summed E-state index contributed by atoms with van der Waals surface area (Å²) in [4.78, 5) is 14.4. The van der Waals surface area contributed by atoms with Crippen LogP contribution < -0.4 is 0 Å². The fraction of sp³-hybridized carbons (Fsp3) is 0.400. The van der Waals surface area contributed by atoms with Gasteiger partial charge < -0.3 is 14.9 Å². The van der Waals surface area contributed by atoms with E-state index >= 15 is 0 Å². The molecule has 0 spiro atoms. The summed E-state index contributed by atoms with van der Waals surface area (Å²) < 4.78 is 17.2. The number of esters is 1. The average Bonchev–Trinajstić information content (AvgIpc) is 2.31. The van der Waals surface area contributed by atoms with Crippen molar-refractivity contribution in [3.63, 3.8) is 0 Å². The van der Waals surface area contributed by atoms with E-state index in [1.165, 1.54) is 0 Å². The summed E-state index contributed by atoms with van der Waals surface area (Å²) in [5, 5.41) is 19.1. The molecule has 94 valence electrons. The predicted molar refractivity (Wildman–Crippen MR) is 56.8 cm³/mol. The van der Waals surface area contributed by atoms with Crippen molar-refractivity contribution in [3.05, 3.63) is 28.8 Å². The highest BCUT2D eigenvalue weighted by molar-refractivity contribution is 6.30. The molecule has 2 atom stereocenters. The Hall–Kier alpha value is -1.24. The zero-order valence-electron chi connectivity index (χ0n) is 8.93. The first-order chi connectivity index (χ1) is 7.95. The minimum atomic E-state index is -1.51. The summed E-state index contributed by atoms with van der Waals surface area (Å²) in [6.07, 6.45) is -2.50. The smallest absolute Gasteiger partial charge is 0.308 e. The number of halogens is 2. The second-order valence-electron chi connectivity index (χ2n) is 3.33. The molecular formula is C10H11ClFNO4. The van der Waals surface area contributed by atoms with E-state index in [9.17, 15) is 19.4 Å². The first-order valence-corrected chi connectivity index (χ1v) is 5.07. The number of methoxy groups -OCH3 is 1. The molecule has 17 heavy (non-hydrogen) atoms. The minimum absolute atomic E-state index is 0.0805. The van der Waals surface area contributed by atoms with E-state index in [-0.39, 0.29) is 10.7 Å². The lowest BCUT2D eigenvalue weighted by molar-refractivity contribution is -0.144. The third-order valence-electron chi connectivity index (χ3n) is 2.12. The van der Waals surface area contributed by atoms with Gasteiger partial charge in [0.2, 0.25) is 0 Å². The van der Waals surface area contributed by atoms with Gasteiger partial charge in [0.15, 0.2) is 0 Å². The molecule has 0 saturated heterocycles. The van der Waals surface area contributed by atoms with E-state index in [0.717, 1.165) is 19.4 Å². The van der Waals surface area contributed by atoms with E-state index in [0.29, 0.717) is 0 Å². The van der Waals surface area contributed by atoms with Crippen LogP contribution in [-0.2, 0) is 9.53 Å². The third-order valence-corrected chi connectivity index (χ3v) is 2.44. The number of hydrogen-bond acceptors (Lipinski definition) is 5. The first-order valence-electron chi connectivity index (χ1n) is 4.69. The maximum atomic E-state index is 12.9. The van der Waals surface area contributed by atoms with Crippen LogP contribution in [0.1, 0.15) is 18.1 Å². The maximum Gasteiger partial charge on any atom is 0.308 e. The Labute approximate surface area is 102 Å². The topological polar surface area (TPSA) is 79.7 Å². The molecule has 0 amide bonds. The van der Waals surface area contributed by atoms with Crippen LogP contribution in [0.2, 0.25) is 5.15 Å². The molecule has 0 radical (unpaired) electrons. The highest BCUT2D eigenvalue weighted by atomic mass is 35.5. The second-order valence-corrected chi connectivity index (χ2v) is 3.68. The fourth-order valence-electron chi connectivity index (χ4n) is 1.22. The van der Waals surface area contributed by atoms with Gasteiger partial charge in [-0.3, -0.25) is 4.79 Å². The number of aliphatic hydroxyl groups excluding tert-OH is 2. The van der Waals surface area contributed by atoms with Gasteiger partial charge in [-0.15, -0.1) is 0 Å². The van der Waals surface area contributed by atoms with Crippen LogP contribution in [0.25, 0.3) is 0 Å². The van der Waals surface area contributed by atoms with Crippen LogP contribution in [0.3, 0.4) is 0 Å². The van der Waals surface area contributed by atoms with E-state index in [1.54, 1.807) is 0 Å². The lowest BCUT2D eigenvalue weighted by Crippen LogP contribution is -2.23. The number of ether oxygens (including phenoxy) is 1. The molecule has 0 aliphatic carbocycles. The van der Waals surface area contributed by atoms with Crippen LogP contribution in [0, 0.1) is 5.82 Å². The number of rotatable bonds is 4. The van der Waals surface area contributed by atoms with Gasteiger partial charge in [0.1, 0.15) is 17.1 Å². The lowest BCUT2D eigenvalue weighted by Gasteiger charge is -2.17. The monoisotopic (exact) mass is 263 g/mol. The highest BCUT2D eigenvalue weighted by Gasteiger charge is 2.24. The van der Waals surface area contributed by atoms with E-state index in [1.807, 2.05) is 0 Å². The number of aromatic nitrogens is 1. The SMILES string of the molecule is COC(=O)CC(O)C(O)c1cc(F)cnc1Cl. The molecule has 1 heterocycles. The number of hydrogen-bond donors (Lipinski definition) is 2. The Balaban J connectivity index is 2.84. The van der Waals surface area contributed by atoms with Crippen molar-refractivity contribution in [3.8, 4) is 0 Å². The standard InChI is InChI=1S/C10H11ClFNO4/c1-17-8(15)3-7(14)9(16)6-2-5(12)4-13-10(6)11/h2,4,7,9,14,16H,3H2,1H3. The minimum Gasteiger partial charge on any atom is -0.469 e. The van der Waals surface area contributed by atoms with Crippen molar-refractivity contribution in [1.29, 1.82) is 0 Å². The number of pyridine rings is 1.